The lowest BCUT2D eigenvalue weighted by Crippen LogP contribution is -2.60. The maximum atomic E-state index is 6.08. The van der Waals surface area contributed by atoms with Crippen molar-refractivity contribution in [2.75, 3.05) is 11.1 Å². The molecule has 7 nitrogen and oxygen atoms in total. The Morgan fingerprint density at radius 2 is 1.21 bits per heavy atom. The number of nitrogens with one attached hydrogen (secondary N) is 3. The molecule has 2 fully saturated rings. The van der Waals surface area contributed by atoms with Gasteiger partial charge in [0.25, 0.3) is 0 Å². The largest absolute Gasteiger partial charge is 0.368 e. The Morgan fingerprint density at radius 1 is 0.750 bits per heavy atom. The van der Waals surface area contributed by atoms with Gasteiger partial charge in [-0.25, -0.2) is 0 Å². The van der Waals surface area contributed by atoms with Crippen molar-refractivity contribution in [2.24, 2.45) is 0 Å². The van der Waals surface area contributed by atoms with E-state index >= 15 is 0 Å². The Labute approximate surface area is 170 Å². The second-order valence-corrected chi connectivity index (χ2v) is 11.5. The third-order valence-corrected chi connectivity index (χ3v) is 5.75. The maximum Gasteiger partial charge on any atom is 0.227 e. The van der Waals surface area contributed by atoms with E-state index in [0.29, 0.717) is 17.9 Å². The van der Waals surface area contributed by atoms with Crippen LogP contribution in [0.1, 0.15) is 92.8 Å². The van der Waals surface area contributed by atoms with Crippen LogP contribution < -0.4 is 21.7 Å². The van der Waals surface area contributed by atoms with Crippen molar-refractivity contribution in [1.82, 2.24) is 25.6 Å². The molecule has 0 radical (unpaired) electrons. The van der Waals surface area contributed by atoms with E-state index in [9.17, 15) is 0 Å². The van der Waals surface area contributed by atoms with Gasteiger partial charge in [0.2, 0.25) is 11.9 Å². The average Bonchev–Trinajstić information content (AvgIpc) is 2.39. The Kier molecular flexibility index (Phi) is 5.16. The van der Waals surface area contributed by atoms with E-state index in [1.54, 1.807) is 0 Å². The molecule has 5 N–H and O–H groups in total. The molecule has 0 spiro atoms. The quantitative estimate of drug-likeness (QED) is 0.630. The monoisotopic (exact) mass is 389 g/mol. The van der Waals surface area contributed by atoms with E-state index < -0.39 is 0 Å². The molecule has 2 aliphatic heterocycles. The summed E-state index contributed by atoms with van der Waals surface area (Å²) in [4.78, 5) is 13.7. The van der Waals surface area contributed by atoms with Crippen molar-refractivity contribution >= 4 is 11.9 Å². The van der Waals surface area contributed by atoms with Gasteiger partial charge in [-0.2, -0.15) is 15.0 Å². The van der Waals surface area contributed by atoms with E-state index in [0.717, 1.165) is 31.5 Å². The van der Waals surface area contributed by atoms with Gasteiger partial charge in [0.15, 0.2) is 0 Å². The van der Waals surface area contributed by atoms with Crippen LogP contribution in [0.3, 0.4) is 0 Å². The summed E-state index contributed by atoms with van der Waals surface area (Å²) in [5, 5.41) is 11.0. The summed E-state index contributed by atoms with van der Waals surface area (Å²) in [6.45, 7) is 17.9. The van der Waals surface area contributed by atoms with Crippen LogP contribution >= 0.6 is 0 Å². The van der Waals surface area contributed by atoms with Gasteiger partial charge in [-0.3, -0.25) is 0 Å². The molecule has 0 atom stereocenters. The number of rotatable bonds is 3. The first kappa shape index (κ1) is 21.2. The van der Waals surface area contributed by atoms with Gasteiger partial charge in [0.05, 0.1) is 0 Å². The van der Waals surface area contributed by atoms with E-state index in [1.165, 1.54) is 0 Å². The molecular weight excluding hydrogens is 350 g/mol. The van der Waals surface area contributed by atoms with Gasteiger partial charge in [-0.1, -0.05) is 0 Å². The lowest BCUT2D eigenvalue weighted by atomic mass is 9.75. The van der Waals surface area contributed by atoms with Crippen molar-refractivity contribution in [3.63, 3.8) is 0 Å². The SMILES string of the molecule is CC1(C)CC(Nc2nc(N)nc(C3CC(C)(C)NC(C)(C)C3)n2)CC(C)(C)N1. The fourth-order valence-corrected chi connectivity index (χ4v) is 5.77. The molecule has 0 saturated carbocycles. The van der Waals surface area contributed by atoms with Crippen molar-refractivity contribution in [2.45, 2.75) is 115 Å². The van der Waals surface area contributed by atoms with Crippen LogP contribution in [-0.4, -0.2) is 43.1 Å². The van der Waals surface area contributed by atoms with Crippen molar-refractivity contribution in [1.29, 1.82) is 0 Å². The van der Waals surface area contributed by atoms with Crippen LogP contribution in [-0.2, 0) is 0 Å². The summed E-state index contributed by atoms with van der Waals surface area (Å²) in [6.07, 6.45) is 3.97. The summed E-state index contributed by atoms with van der Waals surface area (Å²) < 4.78 is 0. The highest BCUT2D eigenvalue weighted by Crippen LogP contribution is 2.38. The molecule has 7 heteroatoms. The minimum atomic E-state index is 0.0322. The summed E-state index contributed by atoms with van der Waals surface area (Å²) in [7, 11) is 0. The molecule has 1 aromatic rings. The lowest BCUT2D eigenvalue weighted by Gasteiger charge is -2.47. The van der Waals surface area contributed by atoms with Crippen LogP contribution in [0.5, 0.6) is 0 Å². The number of hydrogen-bond acceptors (Lipinski definition) is 7. The average molecular weight is 390 g/mol. The van der Waals surface area contributed by atoms with Gasteiger partial charge in [-0.05, 0) is 81.1 Å². The number of anilines is 2. The highest BCUT2D eigenvalue weighted by molar-refractivity contribution is 5.34. The fraction of sp³-hybridized carbons (Fsp3) is 0.857. The lowest BCUT2D eigenvalue weighted by molar-refractivity contribution is 0.158. The second-order valence-electron chi connectivity index (χ2n) is 11.5. The third kappa shape index (κ3) is 5.32. The van der Waals surface area contributed by atoms with Crippen molar-refractivity contribution in [3.05, 3.63) is 5.82 Å². The Bertz CT molecular complexity index is 691. The Morgan fingerprint density at radius 3 is 1.71 bits per heavy atom. The van der Waals surface area contributed by atoms with Gasteiger partial charge < -0.3 is 21.7 Å². The third-order valence-electron chi connectivity index (χ3n) is 5.75. The van der Waals surface area contributed by atoms with Crippen LogP contribution in [0.25, 0.3) is 0 Å². The number of nitrogens with zero attached hydrogens (tertiary/aromatic N) is 3. The molecule has 3 heterocycles. The molecule has 0 aromatic carbocycles. The van der Waals surface area contributed by atoms with E-state index in [4.69, 9.17) is 10.7 Å². The minimum Gasteiger partial charge on any atom is -0.368 e. The molecule has 28 heavy (non-hydrogen) atoms. The van der Waals surface area contributed by atoms with E-state index in [1.807, 2.05) is 0 Å². The van der Waals surface area contributed by atoms with Crippen LogP contribution in [0.15, 0.2) is 0 Å². The van der Waals surface area contributed by atoms with Crippen LogP contribution in [0.4, 0.5) is 11.9 Å². The molecule has 0 unspecified atom stereocenters. The Balaban J connectivity index is 1.82. The number of piperidine rings is 2. The fourth-order valence-electron chi connectivity index (χ4n) is 5.77. The predicted octanol–water partition coefficient (Wildman–Crippen LogP) is 3.20. The molecule has 2 aliphatic rings. The Hall–Kier alpha value is -1.47. The maximum absolute atomic E-state index is 6.08. The van der Waals surface area contributed by atoms with Crippen molar-refractivity contribution in [3.8, 4) is 0 Å². The highest BCUT2D eigenvalue weighted by atomic mass is 15.2. The standard InChI is InChI=1S/C21H39N7/c1-18(2)9-13(10-19(3,4)27-18)15-24-16(22)26-17(25-15)23-14-11-20(5,6)28-21(7,8)12-14/h13-14,27-28H,9-12H2,1-8H3,(H3,22,23,24,25,26). The number of nitrogens with two attached hydrogens (primary N) is 1. The zero-order valence-electron chi connectivity index (χ0n) is 18.9. The summed E-state index contributed by atoms with van der Waals surface area (Å²) >= 11 is 0. The first-order valence-corrected chi connectivity index (χ1v) is 10.5. The zero-order chi connectivity index (χ0) is 21.0. The molecule has 0 amide bonds. The van der Waals surface area contributed by atoms with Gasteiger partial charge in [-0.15, -0.1) is 0 Å². The summed E-state index contributed by atoms with van der Waals surface area (Å²) in [5.74, 6) is 1.98. The summed E-state index contributed by atoms with van der Waals surface area (Å²) in [6, 6.07) is 0.293. The van der Waals surface area contributed by atoms with E-state index in [-0.39, 0.29) is 28.1 Å². The zero-order valence-corrected chi connectivity index (χ0v) is 18.9. The molecule has 0 bridgehead atoms. The summed E-state index contributed by atoms with van der Waals surface area (Å²) in [5.41, 5.74) is 6.27. The van der Waals surface area contributed by atoms with Gasteiger partial charge in [0, 0.05) is 34.1 Å². The van der Waals surface area contributed by atoms with Crippen LogP contribution in [0, 0.1) is 0 Å². The number of hydrogen-bond donors (Lipinski definition) is 4. The first-order chi connectivity index (χ1) is 12.6. The molecule has 0 aliphatic carbocycles. The normalized spacial score (nSPS) is 26.7. The van der Waals surface area contributed by atoms with E-state index in [2.05, 4.69) is 81.3 Å². The molecule has 1 aromatic heterocycles. The molecule has 2 saturated heterocycles. The highest BCUT2D eigenvalue weighted by Gasteiger charge is 2.40. The smallest absolute Gasteiger partial charge is 0.227 e. The first-order valence-electron chi connectivity index (χ1n) is 10.5. The molecule has 158 valence electrons. The molecular formula is C21H39N7. The topological polar surface area (TPSA) is 101 Å². The number of nitrogen functional groups attached to an aromatic ring is 1. The molecule has 3 rings (SSSR count). The van der Waals surface area contributed by atoms with Crippen LogP contribution in [0.2, 0.25) is 0 Å². The predicted molar refractivity (Wildman–Crippen MR) is 115 cm³/mol. The van der Waals surface area contributed by atoms with Crippen molar-refractivity contribution < 1.29 is 0 Å². The van der Waals surface area contributed by atoms with Gasteiger partial charge >= 0.3 is 0 Å². The van der Waals surface area contributed by atoms with Gasteiger partial charge in [0.1, 0.15) is 5.82 Å². The number of aromatic nitrogens is 3. The minimum absolute atomic E-state index is 0.0322. The second kappa shape index (κ2) is 6.80.